The Labute approximate surface area is 215 Å². The van der Waals surface area contributed by atoms with Crippen LogP contribution in [0.5, 0.6) is 11.5 Å². The fraction of sp³-hybridized carbons (Fsp3) is 0.267. The third-order valence-corrected chi connectivity index (χ3v) is 7.22. The second-order valence-electron chi connectivity index (χ2n) is 9.50. The Balaban J connectivity index is 1.43. The van der Waals surface area contributed by atoms with Crippen molar-refractivity contribution in [3.05, 3.63) is 89.5 Å². The first-order valence-electron chi connectivity index (χ1n) is 12.7. The number of nitrogens with zero attached hydrogens (tertiary/aromatic N) is 2. The Morgan fingerprint density at radius 1 is 0.784 bits per heavy atom. The van der Waals surface area contributed by atoms with E-state index in [2.05, 4.69) is 4.90 Å². The van der Waals surface area contributed by atoms with Crippen LogP contribution in [-0.2, 0) is 9.59 Å². The fourth-order valence-electron chi connectivity index (χ4n) is 5.37. The van der Waals surface area contributed by atoms with Crippen LogP contribution in [0.15, 0.2) is 78.4 Å². The molecular formula is C30H28N2O5. The van der Waals surface area contributed by atoms with Crippen LogP contribution < -0.4 is 19.3 Å². The average molecular weight is 497 g/mol. The summed E-state index contributed by atoms with van der Waals surface area (Å²) in [5.74, 6) is -0.553. The molecule has 2 fully saturated rings. The van der Waals surface area contributed by atoms with Crippen LogP contribution in [0.4, 0.5) is 11.4 Å². The topological polar surface area (TPSA) is 79.3 Å². The van der Waals surface area contributed by atoms with Crippen molar-refractivity contribution in [2.24, 2.45) is 0 Å². The van der Waals surface area contributed by atoms with E-state index in [0.29, 0.717) is 36.0 Å². The molecule has 0 aliphatic carbocycles. The molecular weight excluding hydrogens is 468 g/mol. The number of piperidine rings is 1. The minimum atomic E-state index is -0.768. The van der Waals surface area contributed by atoms with Crippen molar-refractivity contribution >= 4 is 28.8 Å². The maximum absolute atomic E-state index is 13.4. The van der Waals surface area contributed by atoms with Crippen molar-refractivity contribution < 1.29 is 24.2 Å². The summed E-state index contributed by atoms with van der Waals surface area (Å²) in [6, 6.07) is 21.4. The third kappa shape index (κ3) is 4.20. The number of hydrogen-bond donors (Lipinski definition) is 1. The summed E-state index contributed by atoms with van der Waals surface area (Å²) in [4.78, 5) is 30.7. The van der Waals surface area contributed by atoms with Crippen LogP contribution in [-0.4, -0.2) is 43.1 Å². The van der Waals surface area contributed by atoms with E-state index in [9.17, 15) is 14.7 Å². The summed E-state index contributed by atoms with van der Waals surface area (Å²) in [7, 11) is 0. The molecule has 3 heterocycles. The van der Waals surface area contributed by atoms with E-state index < -0.39 is 17.7 Å². The van der Waals surface area contributed by atoms with Gasteiger partial charge in [-0.1, -0.05) is 30.3 Å². The molecule has 37 heavy (non-hydrogen) atoms. The number of aliphatic hydroxyl groups is 1. The second kappa shape index (κ2) is 9.65. The zero-order valence-electron chi connectivity index (χ0n) is 20.4. The van der Waals surface area contributed by atoms with Gasteiger partial charge in [-0.15, -0.1) is 0 Å². The number of ketones is 1. The number of rotatable bonds is 4. The molecule has 6 rings (SSSR count). The number of ether oxygens (including phenoxy) is 2. The van der Waals surface area contributed by atoms with Gasteiger partial charge in [0.2, 0.25) is 0 Å². The Bertz CT molecular complexity index is 1360. The SMILES string of the molecule is O=C1C(=O)N(c2ccc(N3CCCCC3)cc2)C(c2ccccc2)/C1=C(/O)c1ccc2c(c1)OCCO2. The molecule has 3 aliphatic rings. The molecule has 3 aromatic carbocycles. The van der Waals surface area contributed by atoms with E-state index in [1.807, 2.05) is 54.6 Å². The summed E-state index contributed by atoms with van der Waals surface area (Å²) >= 11 is 0. The highest BCUT2D eigenvalue weighted by atomic mass is 16.6. The van der Waals surface area contributed by atoms with Gasteiger partial charge in [-0.2, -0.15) is 0 Å². The lowest BCUT2D eigenvalue weighted by Gasteiger charge is -2.30. The van der Waals surface area contributed by atoms with Crippen molar-refractivity contribution in [1.29, 1.82) is 0 Å². The van der Waals surface area contributed by atoms with Crippen LogP contribution in [0.25, 0.3) is 5.76 Å². The predicted molar refractivity (Wildman–Crippen MR) is 141 cm³/mol. The van der Waals surface area contributed by atoms with Gasteiger partial charge in [0.25, 0.3) is 11.7 Å². The van der Waals surface area contributed by atoms with Crippen molar-refractivity contribution in [2.45, 2.75) is 25.3 Å². The first kappa shape index (κ1) is 23.2. The number of aliphatic hydroxyl groups excluding tert-OH is 1. The Kier molecular flexibility index (Phi) is 6.04. The van der Waals surface area contributed by atoms with Crippen molar-refractivity contribution in [3.63, 3.8) is 0 Å². The van der Waals surface area contributed by atoms with Crippen molar-refractivity contribution in [3.8, 4) is 11.5 Å². The Morgan fingerprint density at radius 3 is 2.19 bits per heavy atom. The summed E-state index contributed by atoms with van der Waals surface area (Å²) in [6.07, 6.45) is 3.59. The highest BCUT2D eigenvalue weighted by molar-refractivity contribution is 6.51. The molecule has 1 N–H and O–H groups in total. The van der Waals surface area contributed by atoms with Gasteiger partial charge >= 0.3 is 0 Å². The molecule has 0 saturated carbocycles. The largest absolute Gasteiger partial charge is 0.507 e. The molecule has 3 aromatic rings. The third-order valence-electron chi connectivity index (χ3n) is 7.22. The van der Waals surface area contributed by atoms with Crippen LogP contribution in [0.3, 0.4) is 0 Å². The lowest BCUT2D eigenvalue weighted by atomic mass is 9.95. The van der Waals surface area contributed by atoms with Gasteiger partial charge < -0.3 is 19.5 Å². The zero-order chi connectivity index (χ0) is 25.4. The molecule has 0 aromatic heterocycles. The Morgan fingerprint density at radius 2 is 1.46 bits per heavy atom. The molecule has 7 heteroatoms. The number of anilines is 2. The maximum Gasteiger partial charge on any atom is 0.300 e. The average Bonchev–Trinajstić information content (AvgIpc) is 3.23. The van der Waals surface area contributed by atoms with E-state index >= 15 is 0 Å². The van der Waals surface area contributed by atoms with Gasteiger partial charge in [0.1, 0.15) is 19.0 Å². The second-order valence-corrected chi connectivity index (χ2v) is 9.50. The summed E-state index contributed by atoms with van der Waals surface area (Å²) in [5.41, 5.74) is 2.89. The van der Waals surface area contributed by atoms with E-state index in [1.165, 1.54) is 24.2 Å². The number of amides is 1. The monoisotopic (exact) mass is 496 g/mol. The van der Waals surface area contributed by atoms with Crippen LogP contribution in [0.1, 0.15) is 36.4 Å². The highest BCUT2D eigenvalue weighted by Gasteiger charge is 2.47. The lowest BCUT2D eigenvalue weighted by molar-refractivity contribution is -0.132. The smallest absolute Gasteiger partial charge is 0.300 e. The van der Waals surface area contributed by atoms with Gasteiger partial charge in [0.05, 0.1) is 11.6 Å². The highest BCUT2D eigenvalue weighted by Crippen LogP contribution is 2.43. The van der Waals surface area contributed by atoms with Gasteiger partial charge in [0, 0.05) is 30.0 Å². The lowest BCUT2D eigenvalue weighted by Crippen LogP contribution is -2.30. The number of carbonyl (C=O) groups excluding carboxylic acids is 2. The zero-order valence-corrected chi connectivity index (χ0v) is 20.4. The number of benzene rings is 3. The minimum absolute atomic E-state index is 0.0491. The van der Waals surface area contributed by atoms with E-state index in [0.717, 1.165) is 24.3 Å². The maximum atomic E-state index is 13.4. The summed E-state index contributed by atoms with van der Waals surface area (Å²) < 4.78 is 11.2. The molecule has 188 valence electrons. The summed E-state index contributed by atoms with van der Waals surface area (Å²) in [5, 5.41) is 11.4. The number of fused-ring (bicyclic) bond motifs is 1. The number of carbonyl (C=O) groups is 2. The molecule has 0 spiro atoms. The van der Waals surface area contributed by atoms with Gasteiger partial charge in [0.15, 0.2) is 11.5 Å². The van der Waals surface area contributed by atoms with E-state index in [1.54, 1.807) is 18.2 Å². The molecule has 1 unspecified atom stereocenters. The van der Waals surface area contributed by atoms with Gasteiger partial charge in [-0.25, -0.2) is 0 Å². The number of Topliss-reactive ketones (excluding diaryl/α,β-unsaturated/α-hetero) is 1. The number of hydrogen-bond acceptors (Lipinski definition) is 6. The molecule has 3 aliphatic heterocycles. The molecule has 1 atom stereocenters. The first-order chi connectivity index (χ1) is 18.1. The van der Waals surface area contributed by atoms with Crippen LogP contribution >= 0.6 is 0 Å². The molecule has 7 nitrogen and oxygen atoms in total. The van der Waals surface area contributed by atoms with E-state index in [-0.39, 0.29) is 11.3 Å². The molecule has 1 amide bonds. The Hall–Kier alpha value is -4.26. The quantitative estimate of drug-likeness (QED) is 0.309. The fourth-order valence-corrected chi connectivity index (χ4v) is 5.37. The van der Waals surface area contributed by atoms with Crippen molar-refractivity contribution in [1.82, 2.24) is 0 Å². The minimum Gasteiger partial charge on any atom is -0.507 e. The molecule has 0 radical (unpaired) electrons. The van der Waals surface area contributed by atoms with Gasteiger partial charge in [-0.05, 0) is 67.3 Å². The van der Waals surface area contributed by atoms with Crippen LogP contribution in [0, 0.1) is 0 Å². The molecule has 2 saturated heterocycles. The normalized spacial score (nSPS) is 20.8. The first-order valence-corrected chi connectivity index (χ1v) is 12.7. The standard InChI is InChI=1S/C30H28N2O5/c33-28(21-9-14-24-25(19-21)37-18-17-36-24)26-27(20-7-3-1-4-8-20)32(30(35)29(26)34)23-12-10-22(11-13-23)31-15-5-2-6-16-31/h1,3-4,7-14,19,27,33H,2,5-6,15-18H2/b28-26-. The predicted octanol–water partition coefficient (Wildman–Crippen LogP) is 5.07. The molecule has 0 bridgehead atoms. The van der Waals surface area contributed by atoms with E-state index in [4.69, 9.17) is 9.47 Å². The van der Waals surface area contributed by atoms with Crippen LogP contribution in [0.2, 0.25) is 0 Å². The van der Waals surface area contributed by atoms with Gasteiger partial charge in [-0.3, -0.25) is 14.5 Å². The van der Waals surface area contributed by atoms with Crippen molar-refractivity contribution in [2.75, 3.05) is 36.1 Å². The summed E-state index contributed by atoms with van der Waals surface area (Å²) in [6.45, 7) is 2.89.